The Morgan fingerprint density at radius 3 is 2.19 bits per heavy atom. The molecule has 0 spiro atoms. The first-order chi connectivity index (χ1) is 12.5. The maximum Gasteiger partial charge on any atom is 0.258 e. The molecule has 0 aliphatic heterocycles. The lowest BCUT2D eigenvalue weighted by Crippen LogP contribution is -2.36. The fourth-order valence-electron chi connectivity index (χ4n) is 2.66. The van der Waals surface area contributed by atoms with Crippen molar-refractivity contribution >= 4 is 5.91 Å². The lowest BCUT2D eigenvalue weighted by atomic mass is 10.1. The molecule has 2 rings (SSSR count). The molecule has 0 aliphatic rings. The number of rotatable bonds is 9. The third kappa shape index (κ3) is 5.77. The molecule has 0 aromatic heterocycles. The van der Waals surface area contributed by atoms with Crippen LogP contribution in [0.5, 0.6) is 11.5 Å². The summed E-state index contributed by atoms with van der Waals surface area (Å²) in [5, 5.41) is 2.95. The largest absolute Gasteiger partial charge is 0.497 e. The van der Waals surface area contributed by atoms with E-state index in [1.807, 2.05) is 62.6 Å². The van der Waals surface area contributed by atoms with Gasteiger partial charge in [0.05, 0.1) is 13.2 Å². The van der Waals surface area contributed by atoms with E-state index in [1.165, 1.54) is 5.56 Å². The van der Waals surface area contributed by atoms with Crippen molar-refractivity contribution in [3.05, 3.63) is 59.7 Å². The zero-order valence-electron chi connectivity index (χ0n) is 16.0. The highest BCUT2D eigenvalue weighted by molar-refractivity contribution is 5.77. The van der Waals surface area contributed by atoms with Crippen molar-refractivity contribution in [1.82, 2.24) is 10.2 Å². The predicted molar refractivity (Wildman–Crippen MR) is 104 cm³/mol. The third-order valence-corrected chi connectivity index (χ3v) is 4.32. The number of carbonyl (C=O) groups is 1. The van der Waals surface area contributed by atoms with Crippen LogP contribution >= 0.6 is 0 Å². The highest BCUT2D eigenvalue weighted by atomic mass is 16.5. The molecule has 0 bridgehead atoms. The van der Waals surface area contributed by atoms with Crippen molar-refractivity contribution in [2.75, 3.05) is 34.4 Å². The summed E-state index contributed by atoms with van der Waals surface area (Å²) in [4.78, 5) is 14.2. The molecule has 5 heteroatoms. The van der Waals surface area contributed by atoms with Gasteiger partial charge in [0.1, 0.15) is 11.5 Å². The number of nitrogens with zero attached hydrogens (tertiary/aromatic N) is 1. The number of likely N-dealkylation sites (N-methyl/N-ethyl adjacent to an activating group) is 1. The van der Waals surface area contributed by atoms with Gasteiger partial charge in [0.25, 0.3) is 5.91 Å². The molecule has 0 saturated carbocycles. The lowest BCUT2D eigenvalue weighted by molar-refractivity contribution is -0.123. The van der Waals surface area contributed by atoms with E-state index in [-0.39, 0.29) is 18.6 Å². The van der Waals surface area contributed by atoms with Crippen LogP contribution < -0.4 is 14.8 Å². The van der Waals surface area contributed by atoms with Crippen molar-refractivity contribution in [2.24, 2.45) is 0 Å². The van der Waals surface area contributed by atoms with Gasteiger partial charge in [0.2, 0.25) is 0 Å². The maximum absolute atomic E-state index is 12.1. The summed E-state index contributed by atoms with van der Waals surface area (Å²) in [6.07, 6.45) is 0.984. The van der Waals surface area contributed by atoms with Crippen molar-refractivity contribution in [2.45, 2.75) is 19.4 Å². The Labute approximate surface area is 155 Å². The first kappa shape index (κ1) is 19.8. The number of nitrogens with one attached hydrogen (secondary N) is 1. The van der Waals surface area contributed by atoms with Crippen LogP contribution in [0, 0.1) is 0 Å². The van der Waals surface area contributed by atoms with E-state index >= 15 is 0 Å². The first-order valence-electron chi connectivity index (χ1n) is 8.82. The molecule has 1 unspecified atom stereocenters. The van der Waals surface area contributed by atoms with E-state index < -0.39 is 0 Å². The van der Waals surface area contributed by atoms with Gasteiger partial charge >= 0.3 is 0 Å². The van der Waals surface area contributed by atoms with Gasteiger partial charge in [0.15, 0.2) is 6.61 Å². The molecule has 0 radical (unpaired) electrons. The van der Waals surface area contributed by atoms with Crippen LogP contribution in [0.25, 0.3) is 0 Å². The molecular formula is C21H28N2O3. The molecule has 0 fully saturated rings. The molecule has 5 nitrogen and oxygen atoms in total. The van der Waals surface area contributed by atoms with Crippen LogP contribution in [0.2, 0.25) is 0 Å². The fourth-order valence-corrected chi connectivity index (χ4v) is 2.66. The number of carbonyl (C=O) groups excluding carboxylic acids is 1. The SMILES string of the molecule is CCc1ccc(OCC(=O)NCC(c2ccc(OC)cc2)N(C)C)cc1. The normalized spacial score (nSPS) is 11.9. The Balaban J connectivity index is 1.86. The molecule has 1 atom stereocenters. The number of amides is 1. The zero-order valence-corrected chi connectivity index (χ0v) is 16.0. The van der Waals surface area contributed by atoms with Gasteiger partial charge < -0.3 is 19.7 Å². The number of methoxy groups -OCH3 is 1. The van der Waals surface area contributed by atoms with Crippen LogP contribution in [-0.4, -0.2) is 45.2 Å². The van der Waals surface area contributed by atoms with Gasteiger partial charge in [-0.1, -0.05) is 31.2 Å². The van der Waals surface area contributed by atoms with Gasteiger partial charge in [-0.3, -0.25) is 4.79 Å². The average Bonchev–Trinajstić information content (AvgIpc) is 2.67. The monoisotopic (exact) mass is 356 g/mol. The Morgan fingerprint density at radius 2 is 1.65 bits per heavy atom. The zero-order chi connectivity index (χ0) is 18.9. The summed E-state index contributed by atoms with van der Waals surface area (Å²) in [6.45, 7) is 2.62. The van der Waals surface area contributed by atoms with E-state index in [1.54, 1.807) is 7.11 Å². The molecule has 26 heavy (non-hydrogen) atoms. The summed E-state index contributed by atoms with van der Waals surface area (Å²) < 4.78 is 10.8. The van der Waals surface area contributed by atoms with Crippen LogP contribution in [-0.2, 0) is 11.2 Å². The number of aryl methyl sites for hydroxylation is 1. The second-order valence-electron chi connectivity index (χ2n) is 6.34. The standard InChI is InChI=1S/C21H28N2O3/c1-5-16-6-10-19(11-7-16)26-15-21(24)22-14-20(23(2)3)17-8-12-18(25-4)13-9-17/h6-13,20H,5,14-15H2,1-4H3,(H,22,24). The van der Waals surface area contributed by atoms with Crippen LogP contribution in [0.3, 0.4) is 0 Å². The first-order valence-corrected chi connectivity index (χ1v) is 8.82. The molecule has 0 heterocycles. The summed E-state index contributed by atoms with van der Waals surface area (Å²) >= 11 is 0. The van der Waals surface area contributed by atoms with E-state index in [2.05, 4.69) is 17.1 Å². The molecule has 0 saturated heterocycles. The molecular weight excluding hydrogens is 328 g/mol. The summed E-state index contributed by atoms with van der Waals surface area (Å²) in [7, 11) is 5.63. The Kier molecular flexibility index (Phi) is 7.48. The quantitative estimate of drug-likeness (QED) is 0.750. The van der Waals surface area contributed by atoms with Crippen LogP contribution in [0.4, 0.5) is 0 Å². The highest BCUT2D eigenvalue weighted by Gasteiger charge is 2.15. The van der Waals surface area contributed by atoms with Crippen molar-refractivity contribution in [3.63, 3.8) is 0 Å². The van der Waals surface area contributed by atoms with Crippen molar-refractivity contribution in [1.29, 1.82) is 0 Å². The van der Waals surface area contributed by atoms with Gasteiger partial charge in [-0.2, -0.15) is 0 Å². The smallest absolute Gasteiger partial charge is 0.258 e. The van der Waals surface area contributed by atoms with Crippen molar-refractivity contribution < 1.29 is 14.3 Å². The minimum absolute atomic E-state index is 0.00817. The highest BCUT2D eigenvalue weighted by Crippen LogP contribution is 2.20. The average molecular weight is 356 g/mol. The van der Waals surface area contributed by atoms with Gasteiger partial charge in [-0.15, -0.1) is 0 Å². The van der Waals surface area contributed by atoms with Crippen molar-refractivity contribution in [3.8, 4) is 11.5 Å². The topological polar surface area (TPSA) is 50.8 Å². The minimum Gasteiger partial charge on any atom is -0.497 e. The molecule has 1 amide bonds. The van der Waals surface area contributed by atoms with Gasteiger partial charge in [-0.05, 0) is 55.9 Å². The fraction of sp³-hybridized carbons (Fsp3) is 0.381. The number of hydrogen-bond acceptors (Lipinski definition) is 4. The molecule has 0 aliphatic carbocycles. The third-order valence-electron chi connectivity index (χ3n) is 4.32. The van der Waals surface area contributed by atoms with E-state index in [9.17, 15) is 4.79 Å². The minimum atomic E-state index is -0.134. The number of ether oxygens (including phenoxy) is 2. The van der Waals surface area contributed by atoms with Gasteiger partial charge in [0, 0.05) is 6.54 Å². The summed E-state index contributed by atoms with van der Waals surface area (Å²) in [5.41, 5.74) is 2.36. The second-order valence-corrected chi connectivity index (χ2v) is 6.34. The molecule has 140 valence electrons. The van der Waals surface area contributed by atoms with E-state index in [0.29, 0.717) is 12.3 Å². The predicted octanol–water partition coefficient (Wildman–Crippen LogP) is 3.06. The number of hydrogen-bond donors (Lipinski definition) is 1. The summed E-state index contributed by atoms with van der Waals surface area (Å²) in [6, 6.07) is 15.8. The Morgan fingerprint density at radius 1 is 1.04 bits per heavy atom. The number of benzene rings is 2. The second kappa shape index (κ2) is 9.82. The van der Waals surface area contributed by atoms with Gasteiger partial charge in [-0.25, -0.2) is 0 Å². The maximum atomic E-state index is 12.1. The Hall–Kier alpha value is -2.53. The lowest BCUT2D eigenvalue weighted by Gasteiger charge is -2.25. The molecule has 2 aromatic carbocycles. The van der Waals surface area contributed by atoms with E-state index in [0.717, 1.165) is 17.7 Å². The molecule has 1 N–H and O–H groups in total. The van der Waals surface area contributed by atoms with E-state index in [4.69, 9.17) is 9.47 Å². The van der Waals surface area contributed by atoms with Crippen LogP contribution in [0.1, 0.15) is 24.1 Å². The molecule has 2 aromatic rings. The van der Waals surface area contributed by atoms with Crippen LogP contribution in [0.15, 0.2) is 48.5 Å². The summed E-state index contributed by atoms with van der Waals surface area (Å²) in [5.74, 6) is 1.39. The Bertz CT molecular complexity index is 681.